The van der Waals surface area contributed by atoms with Crippen molar-refractivity contribution < 1.29 is 0 Å². The highest BCUT2D eigenvalue weighted by atomic mass is 14.9. The average molecular weight is 259 g/mol. The van der Waals surface area contributed by atoms with Gasteiger partial charge in [0.25, 0.3) is 0 Å². The van der Waals surface area contributed by atoms with Crippen molar-refractivity contribution in [3.8, 4) is 11.4 Å². The molecule has 2 aromatic heterocycles. The fraction of sp³-hybridized carbons (Fsp3) is 0.0588. The normalized spacial score (nSPS) is 11.2. The van der Waals surface area contributed by atoms with Crippen LogP contribution < -0.4 is 0 Å². The van der Waals surface area contributed by atoms with Crippen LogP contribution in [0.4, 0.5) is 0 Å². The van der Waals surface area contributed by atoms with Crippen LogP contribution in [-0.2, 0) is 0 Å². The van der Waals surface area contributed by atoms with Crippen molar-refractivity contribution in [1.29, 1.82) is 0 Å². The molecular weight excluding hydrogens is 246 g/mol. The second-order valence-corrected chi connectivity index (χ2v) is 4.96. The summed E-state index contributed by atoms with van der Waals surface area (Å²) in [6.45, 7) is 2.10. The summed E-state index contributed by atoms with van der Waals surface area (Å²) in [5, 5.41) is 1.17. The Morgan fingerprint density at radius 1 is 0.950 bits per heavy atom. The van der Waals surface area contributed by atoms with Gasteiger partial charge in [-0.1, -0.05) is 12.1 Å². The van der Waals surface area contributed by atoms with E-state index < -0.39 is 0 Å². The number of rotatable bonds is 1. The summed E-state index contributed by atoms with van der Waals surface area (Å²) < 4.78 is 0. The van der Waals surface area contributed by atoms with Crippen LogP contribution in [-0.4, -0.2) is 15.0 Å². The van der Waals surface area contributed by atoms with Gasteiger partial charge in [-0.15, -0.1) is 0 Å². The van der Waals surface area contributed by atoms with Crippen molar-refractivity contribution >= 4 is 21.9 Å². The van der Waals surface area contributed by atoms with Crippen molar-refractivity contribution in [3.63, 3.8) is 0 Å². The van der Waals surface area contributed by atoms with Crippen molar-refractivity contribution in [1.82, 2.24) is 15.0 Å². The second kappa shape index (κ2) is 4.17. The minimum Gasteiger partial charge on any atom is -0.338 e. The Hall–Kier alpha value is -2.68. The van der Waals surface area contributed by atoms with Gasteiger partial charge in [0, 0.05) is 17.1 Å². The SMILES string of the molecule is Cc1ccnc2ccc(-c3nc4ccccc4[nH]3)cc12. The summed E-state index contributed by atoms with van der Waals surface area (Å²) >= 11 is 0. The first-order chi connectivity index (χ1) is 9.81. The maximum atomic E-state index is 4.64. The maximum Gasteiger partial charge on any atom is 0.138 e. The number of benzene rings is 2. The van der Waals surface area contributed by atoms with Gasteiger partial charge in [0.2, 0.25) is 0 Å². The van der Waals surface area contributed by atoms with Crippen LogP contribution in [0.2, 0.25) is 0 Å². The molecule has 0 fully saturated rings. The van der Waals surface area contributed by atoms with E-state index in [9.17, 15) is 0 Å². The molecular formula is C17H13N3. The monoisotopic (exact) mass is 259 g/mol. The van der Waals surface area contributed by atoms with Gasteiger partial charge in [0.1, 0.15) is 5.82 Å². The van der Waals surface area contributed by atoms with Crippen LogP contribution in [0, 0.1) is 6.92 Å². The van der Waals surface area contributed by atoms with E-state index in [2.05, 4.69) is 34.0 Å². The van der Waals surface area contributed by atoms with E-state index in [1.165, 1.54) is 10.9 Å². The van der Waals surface area contributed by atoms with Crippen LogP contribution in [0.3, 0.4) is 0 Å². The van der Waals surface area contributed by atoms with E-state index >= 15 is 0 Å². The predicted octanol–water partition coefficient (Wildman–Crippen LogP) is 4.09. The summed E-state index contributed by atoms with van der Waals surface area (Å²) in [7, 11) is 0. The summed E-state index contributed by atoms with van der Waals surface area (Å²) in [5.41, 5.74) is 5.39. The molecule has 0 spiro atoms. The molecule has 0 amide bonds. The number of pyridine rings is 1. The number of H-pyrrole nitrogens is 1. The maximum absolute atomic E-state index is 4.64. The number of hydrogen-bond acceptors (Lipinski definition) is 2. The number of imidazole rings is 1. The lowest BCUT2D eigenvalue weighted by molar-refractivity contribution is 1.33. The van der Waals surface area contributed by atoms with Gasteiger partial charge in [0.05, 0.1) is 16.6 Å². The number of nitrogens with one attached hydrogen (secondary N) is 1. The molecule has 2 heterocycles. The first-order valence-electron chi connectivity index (χ1n) is 6.62. The van der Waals surface area contributed by atoms with Crippen LogP contribution in [0.25, 0.3) is 33.3 Å². The van der Waals surface area contributed by atoms with Gasteiger partial charge < -0.3 is 4.98 Å². The Labute approximate surface area is 116 Å². The molecule has 3 nitrogen and oxygen atoms in total. The average Bonchev–Trinajstić information content (AvgIpc) is 2.91. The third kappa shape index (κ3) is 1.67. The lowest BCUT2D eigenvalue weighted by Crippen LogP contribution is -1.85. The fourth-order valence-electron chi connectivity index (χ4n) is 2.52. The van der Waals surface area contributed by atoms with Crippen molar-refractivity contribution in [3.05, 3.63) is 60.3 Å². The third-order valence-electron chi connectivity index (χ3n) is 3.62. The molecule has 96 valence electrons. The third-order valence-corrected chi connectivity index (χ3v) is 3.62. The first kappa shape index (κ1) is 11.2. The fourth-order valence-corrected chi connectivity index (χ4v) is 2.52. The molecule has 2 aromatic carbocycles. The number of nitrogens with zero attached hydrogens (tertiary/aromatic N) is 2. The van der Waals surface area contributed by atoms with E-state index in [4.69, 9.17) is 0 Å². The highest BCUT2D eigenvalue weighted by Crippen LogP contribution is 2.25. The first-order valence-corrected chi connectivity index (χ1v) is 6.62. The summed E-state index contributed by atoms with van der Waals surface area (Å²) in [4.78, 5) is 12.4. The number of para-hydroxylation sites is 2. The Balaban J connectivity index is 1.95. The van der Waals surface area contributed by atoms with E-state index in [0.29, 0.717) is 0 Å². The Bertz CT molecular complexity index is 889. The lowest BCUT2D eigenvalue weighted by atomic mass is 10.1. The molecule has 20 heavy (non-hydrogen) atoms. The van der Waals surface area contributed by atoms with Gasteiger partial charge in [-0.25, -0.2) is 4.98 Å². The lowest BCUT2D eigenvalue weighted by Gasteiger charge is -2.03. The topological polar surface area (TPSA) is 41.6 Å². The zero-order valence-electron chi connectivity index (χ0n) is 11.1. The molecule has 0 bridgehead atoms. The van der Waals surface area contributed by atoms with Crippen LogP contribution in [0.1, 0.15) is 5.56 Å². The van der Waals surface area contributed by atoms with E-state index in [1.54, 1.807) is 0 Å². The van der Waals surface area contributed by atoms with Gasteiger partial charge in [0.15, 0.2) is 0 Å². The van der Waals surface area contributed by atoms with Crippen LogP contribution in [0.5, 0.6) is 0 Å². The van der Waals surface area contributed by atoms with Crippen LogP contribution >= 0.6 is 0 Å². The molecule has 0 aliphatic carbocycles. The van der Waals surface area contributed by atoms with E-state index in [1.807, 2.05) is 42.6 Å². The largest absolute Gasteiger partial charge is 0.338 e. The standard InChI is InChI=1S/C17H13N3/c1-11-8-9-18-14-7-6-12(10-13(11)14)17-19-15-4-2-3-5-16(15)20-17/h2-10H,1H3,(H,19,20). The van der Waals surface area contributed by atoms with Gasteiger partial charge in [-0.3, -0.25) is 4.98 Å². The molecule has 0 saturated carbocycles. The molecule has 4 aromatic rings. The Kier molecular flexibility index (Phi) is 2.33. The second-order valence-electron chi connectivity index (χ2n) is 4.96. The number of aryl methyl sites for hydroxylation is 1. The van der Waals surface area contributed by atoms with E-state index in [-0.39, 0.29) is 0 Å². The molecule has 0 unspecified atom stereocenters. The minimum absolute atomic E-state index is 0.899. The number of fused-ring (bicyclic) bond motifs is 2. The van der Waals surface area contributed by atoms with Crippen molar-refractivity contribution in [2.24, 2.45) is 0 Å². The molecule has 0 aliphatic heterocycles. The highest BCUT2D eigenvalue weighted by Gasteiger charge is 2.06. The minimum atomic E-state index is 0.899. The van der Waals surface area contributed by atoms with Crippen molar-refractivity contribution in [2.75, 3.05) is 0 Å². The molecule has 0 aliphatic rings. The zero-order chi connectivity index (χ0) is 13.5. The molecule has 0 atom stereocenters. The number of hydrogen-bond donors (Lipinski definition) is 1. The zero-order valence-corrected chi connectivity index (χ0v) is 11.1. The van der Waals surface area contributed by atoms with Crippen LogP contribution in [0.15, 0.2) is 54.7 Å². The summed E-state index contributed by atoms with van der Waals surface area (Å²) in [6, 6.07) is 16.4. The number of aromatic nitrogens is 3. The van der Waals surface area contributed by atoms with Gasteiger partial charge >= 0.3 is 0 Å². The Morgan fingerprint density at radius 3 is 2.75 bits per heavy atom. The van der Waals surface area contributed by atoms with E-state index in [0.717, 1.165) is 27.9 Å². The molecule has 0 saturated heterocycles. The Morgan fingerprint density at radius 2 is 1.85 bits per heavy atom. The highest BCUT2D eigenvalue weighted by molar-refractivity contribution is 5.87. The smallest absolute Gasteiger partial charge is 0.138 e. The molecule has 1 N–H and O–H groups in total. The van der Waals surface area contributed by atoms with Gasteiger partial charge in [-0.2, -0.15) is 0 Å². The molecule has 3 heteroatoms. The summed E-state index contributed by atoms with van der Waals surface area (Å²) in [5.74, 6) is 0.899. The van der Waals surface area contributed by atoms with Crippen molar-refractivity contribution in [2.45, 2.75) is 6.92 Å². The van der Waals surface area contributed by atoms with Gasteiger partial charge in [-0.05, 0) is 48.9 Å². The predicted molar refractivity (Wildman–Crippen MR) is 81.6 cm³/mol. The quantitative estimate of drug-likeness (QED) is 0.559. The molecule has 4 rings (SSSR count). The number of aromatic amines is 1. The molecule has 0 radical (unpaired) electrons. The summed E-state index contributed by atoms with van der Waals surface area (Å²) in [6.07, 6.45) is 1.85.